The van der Waals surface area contributed by atoms with Crippen LogP contribution in [-0.4, -0.2) is 43.8 Å². The van der Waals surface area contributed by atoms with Gasteiger partial charge < -0.3 is 9.84 Å². The van der Waals surface area contributed by atoms with Crippen LogP contribution in [-0.2, 0) is 13.5 Å². The van der Waals surface area contributed by atoms with Crippen molar-refractivity contribution in [2.75, 3.05) is 13.7 Å². The third-order valence-corrected chi connectivity index (χ3v) is 5.57. The van der Waals surface area contributed by atoms with Crippen molar-refractivity contribution < 1.29 is 9.84 Å². The number of fused-ring (bicyclic) bond motifs is 2. The van der Waals surface area contributed by atoms with E-state index in [1.54, 1.807) is 18.0 Å². The topological polar surface area (TPSA) is 88.9 Å². The average molecular weight is 375 g/mol. The molecule has 3 aromatic heterocycles. The summed E-state index contributed by atoms with van der Waals surface area (Å²) < 4.78 is 7.41. The molecule has 1 unspecified atom stereocenters. The van der Waals surface area contributed by atoms with Crippen LogP contribution in [0, 0.1) is 0 Å². The molecule has 0 amide bonds. The van der Waals surface area contributed by atoms with E-state index in [0.717, 1.165) is 46.4 Å². The van der Waals surface area contributed by atoms with E-state index in [1.165, 1.54) is 11.1 Å². The number of ether oxygens (including phenoxy) is 1. The first-order chi connectivity index (χ1) is 13.7. The lowest BCUT2D eigenvalue weighted by molar-refractivity contribution is 0.265. The summed E-state index contributed by atoms with van der Waals surface area (Å²) in [5.74, 6) is 0.902. The molecule has 142 valence electrons. The zero-order chi connectivity index (χ0) is 19.3. The Hall–Kier alpha value is -3.19. The minimum absolute atomic E-state index is 0.174. The van der Waals surface area contributed by atoms with Gasteiger partial charge >= 0.3 is 0 Å². The summed E-state index contributed by atoms with van der Waals surface area (Å²) in [6, 6.07) is 8.17. The third kappa shape index (κ3) is 2.51. The molecule has 0 bridgehead atoms. The number of aliphatic hydroxyl groups excluding tert-OH is 1. The number of benzene rings is 1. The minimum Gasteiger partial charge on any atom is -0.494 e. The first kappa shape index (κ1) is 16.9. The number of nitrogens with one attached hydrogen (secondary N) is 1. The predicted octanol–water partition coefficient (Wildman–Crippen LogP) is 3.06. The first-order valence-corrected chi connectivity index (χ1v) is 9.34. The number of aromatic amines is 1. The van der Waals surface area contributed by atoms with Crippen LogP contribution in [0.25, 0.3) is 33.5 Å². The molecule has 0 fully saturated rings. The van der Waals surface area contributed by atoms with Gasteiger partial charge in [0.15, 0.2) is 0 Å². The number of aryl methyl sites for hydroxylation is 1. The second-order valence-corrected chi connectivity index (χ2v) is 7.20. The molecule has 1 aliphatic rings. The van der Waals surface area contributed by atoms with Gasteiger partial charge in [0.05, 0.1) is 18.8 Å². The van der Waals surface area contributed by atoms with Crippen LogP contribution in [0.4, 0.5) is 0 Å². The molecule has 0 aliphatic heterocycles. The lowest BCUT2D eigenvalue weighted by Crippen LogP contribution is -1.99. The SMILES string of the molecule is COc1cc2[nH]nc(-c3cnn(C)c3)c2nc1-c1cccc2c1CCC2CO. The summed E-state index contributed by atoms with van der Waals surface area (Å²) in [4.78, 5) is 4.97. The molecule has 0 spiro atoms. The largest absolute Gasteiger partial charge is 0.494 e. The zero-order valence-electron chi connectivity index (χ0n) is 15.8. The summed E-state index contributed by atoms with van der Waals surface area (Å²) in [5.41, 5.74) is 7.62. The van der Waals surface area contributed by atoms with Crippen molar-refractivity contribution in [2.24, 2.45) is 7.05 Å². The highest BCUT2D eigenvalue weighted by atomic mass is 16.5. The Morgan fingerprint density at radius 1 is 1.32 bits per heavy atom. The molecule has 28 heavy (non-hydrogen) atoms. The van der Waals surface area contributed by atoms with Crippen molar-refractivity contribution in [3.05, 3.63) is 47.8 Å². The second-order valence-electron chi connectivity index (χ2n) is 7.20. The van der Waals surface area contributed by atoms with Crippen LogP contribution >= 0.6 is 0 Å². The van der Waals surface area contributed by atoms with Crippen LogP contribution in [0.2, 0.25) is 0 Å². The summed E-state index contributed by atoms with van der Waals surface area (Å²) in [6.07, 6.45) is 5.60. The van der Waals surface area contributed by atoms with Crippen LogP contribution in [0.3, 0.4) is 0 Å². The fourth-order valence-electron chi connectivity index (χ4n) is 4.17. The second kappa shape index (κ2) is 6.45. The Balaban J connectivity index is 1.73. The van der Waals surface area contributed by atoms with E-state index < -0.39 is 0 Å². The maximum atomic E-state index is 9.69. The smallest absolute Gasteiger partial charge is 0.147 e. The molecule has 7 heteroatoms. The van der Waals surface area contributed by atoms with Gasteiger partial charge in [-0.2, -0.15) is 10.2 Å². The van der Waals surface area contributed by atoms with E-state index in [9.17, 15) is 5.11 Å². The highest BCUT2D eigenvalue weighted by Gasteiger charge is 2.26. The predicted molar refractivity (Wildman–Crippen MR) is 106 cm³/mol. The Morgan fingerprint density at radius 3 is 2.96 bits per heavy atom. The molecule has 5 rings (SSSR count). The summed E-state index contributed by atoms with van der Waals surface area (Å²) >= 11 is 0. The fraction of sp³-hybridized carbons (Fsp3) is 0.286. The van der Waals surface area contributed by atoms with Gasteiger partial charge in [-0.25, -0.2) is 4.98 Å². The van der Waals surface area contributed by atoms with E-state index >= 15 is 0 Å². The molecular formula is C21H21N5O2. The Labute approximate surface area is 162 Å². The van der Waals surface area contributed by atoms with Gasteiger partial charge in [0.1, 0.15) is 22.7 Å². The van der Waals surface area contributed by atoms with E-state index in [4.69, 9.17) is 9.72 Å². The van der Waals surface area contributed by atoms with Gasteiger partial charge in [-0.3, -0.25) is 9.78 Å². The maximum absolute atomic E-state index is 9.69. The van der Waals surface area contributed by atoms with Crippen molar-refractivity contribution >= 4 is 11.0 Å². The third-order valence-electron chi connectivity index (χ3n) is 5.57. The van der Waals surface area contributed by atoms with Crippen molar-refractivity contribution in [3.63, 3.8) is 0 Å². The summed E-state index contributed by atoms with van der Waals surface area (Å²) in [6.45, 7) is 0.174. The number of hydrogen-bond acceptors (Lipinski definition) is 5. The molecule has 0 radical (unpaired) electrons. The number of H-pyrrole nitrogens is 1. The molecule has 1 aliphatic carbocycles. The van der Waals surface area contributed by atoms with Crippen LogP contribution in [0.15, 0.2) is 36.7 Å². The highest BCUT2D eigenvalue weighted by Crippen LogP contribution is 2.42. The monoisotopic (exact) mass is 375 g/mol. The molecular weight excluding hydrogens is 354 g/mol. The number of pyridine rings is 1. The van der Waals surface area contributed by atoms with E-state index in [-0.39, 0.29) is 12.5 Å². The highest BCUT2D eigenvalue weighted by molar-refractivity contribution is 5.92. The lowest BCUT2D eigenvalue weighted by atomic mass is 9.96. The molecule has 2 N–H and O–H groups in total. The van der Waals surface area contributed by atoms with Gasteiger partial charge in [-0.1, -0.05) is 18.2 Å². The number of rotatable bonds is 4. The number of nitrogens with zero attached hydrogens (tertiary/aromatic N) is 4. The molecule has 4 aromatic rings. The van der Waals surface area contributed by atoms with E-state index in [1.807, 2.05) is 25.4 Å². The molecule has 0 saturated heterocycles. The minimum atomic E-state index is 0.174. The molecule has 7 nitrogen and oxygen atoms in total. The molecule has 0 saturated carbocycles. The number of methoxy groups -OCH3 is 1. The Morgan fingerprint density at radius 2 is 2.21 bits per heavy atom. The summed E-state index contributed by atoms with van der Waals surface area (Å²) in [7, 11) is 3.54. The summed E-state index contributed by atoms with van der Waals surface area (Å²) in [5, 5.41) is 21.5. The molecule has 3 heterocycles. The molecule has 1 atom stereocenters. The van der Waals surface area contributed by atoms with E-state index in [2.05, 4.69) is 27.4 Å². The number of hydrogen-bond donors (Lipinski definition) is 2. The van der Waals surface area contributed by atoms with Crippen LogP contribution < -0.4 is 4.74 Å². The van der Waals surface area contributed by atoms with Crippen molar-refractivity contribution in [2.45, 2.75) is 18.8 Å². The number of aliphatic hydroxyl groups is 1. The van der Waals surface area contributed by atoms with Gasteiger partial charge in [0.25, 0.3) is 0 Å². The quantitative estimate of drug-likeness (QED) is 0.572. The van der Waals surface area contributed by atoms with Gasteiger partial charge in [0, 0.05) is 43.0 Å². The Bertz CT molecular complexity index is 1180. The lowest BCUT2D eigenvalue weighted by Gasteiger charge is -2.13. The normalized spacial score (nSPS) is 15.9. The van der Waals surface area contributed by atoms with Crippen LogP contribution in [0.1, 0.15) is 23.5 Å². The van der Waals surface area contributed by atoms with Gasteiger partial charge in [0.2, 0.25) is 0 Å². The first-order valence-electron chi connectivity index (χ1n) is 9.34. The van der Waals surface area contributed by atoms with Crippen LogP contribution in [0.5, 0.6) is 5.75 Å². The van der Waals surface area contributed by atoms with Crippen molar-refractivity contribution in [3.8, 4) is 28.3 Å². The van der Waals surface area contributed by atoms with Gasteiger partial charge in [-0.05, 0) is 24.0 Å². The fourth-order valence-corrected chi connectivity index (χ4v) is 4.17. The average Bonchev–Trinajstić information content (AvgIpc) is 3.43. The van der Waals surface area contributed by atoms with Crippen molar-refractivity contribution in [1.29, 1.82) is 0 Å². The Kier molecular flexibility index (Phi) is 3.91. The maximum Gasteiger partial charge on any atom is 0.147 e. The standard InChI is InChI=1S/C21H21N5O2/c1-26-10-13(9-22-26)19-21-17(24-25-19)8-18(28-2)20(23-21)16-5-3-4-14-12(11-27)6-7-15(14)16/h3-5,8-10,12,27H,6-7,11H2,1-2H3,(H,24,25). The number of aromatic nitrogens is 5. The zero-order valence-corrected chi connectivity index (χ0v) is 15.8. The molecule has 1 aromatic carbocycles. The van der Waals surface area contributed by atoms with Gasteiger partial charge in [-0.15, -0.1) is 0 Å². The van der Waals surface area contributed by atoms with E-state index in [0.29, 0.717) is 5.75 Å². The van der Waals surface area contributed by atoms with Crippen molar-refractivity contribution in [1.82, 2.24) is 25.0 Å².